The van der Waals surface area contributed by atoms with E-state index in [1.54, 1.807) is 25.1 Å². The largest absolute Gasteiger partial charge is 0.490 e. The maximum absolute atomic E-state index is 12.7. The molecule has 0 bridgehead atoms. The summed E-state index contributed by atoms with van der Waals surface area (Å²) in [5.74, 6) is -3.60. The minimum atomic E-state index is -5.08. The minimum absolute atomic E-state index is 0.0489. The number of pyridine rings is 1. The lowest BCUT2D eigenvalue weighted by Crippen LogP contribution is -2.31. The second-order valence-electron chi connectivity index (χ2n) is 8.87. The van der Waals surface area contributed by atoms with Gasteiger partial charge in [0.2, 0.25) is 0 Å². The molecule has 1 aliphatic heterocycles. The number of benzene rings is 2. The number of nitrogens with one attached hydrogen (secondary N) is 1. The quantitative estimate of drug-likeness (QED) is 0.367. The smallest absolute Gasteiger partial charge is 0.478 e. The van der Waals surface area contributed by atoms with Crippen LogP contribution in [-0.2, 0) is 14.8 Å². The number of alkyl halides is 3. The molecule has 0 fully saturated rings. The Morgan fingerprint density at radius 3 is 2.25 bits per heavy atom. The summed E-state index contributed by atoms with van der Waals surface area (Å²) >= 11 is 0. The average molecular weight is 578 g/mol. The van der Waals surface area contributed by atoms with Crippen molar-refractivity contribution >= 4 is 39.0 Å². The van der Waals surface area contributed by atoms with Crippen molar-refractivity contribution in [3.63, 3.8) is 0 Å². The van der Waals surface area contributed by atoms with Crippen molar-refractivity contribution in [3.8, 4) is 0 Å². The van der Waals surface area contributed by atoms with Gasteiger partial charge in [-0.25, -0.2) is 23.0 Å². The zero-order valence-electron chi connectivity index (χ0n) is 21.4. The number of carboxylic acid groups (broad SMARTS) is 2. The van der Waals surface area contributed by atoms with Gasteiger partial charge in [0.05, 0.1) is 16.8 Å². The SMILES string of the molecule is Cc1cccc(S(=O)(=O)Nc2cnc(N3CC=C(c4ccccc4C)CC3)c(C(=O)O)c2)c1.O=C(O)C(F)(F)F. The molecule has 0 amide bonds. The van der Waals surface area contributed by atoms with E-state index in [2.05, 4.69) is 34.8 Å². The number of aromatic carboxylic acids is 1. The van der Waals surface area contributed by atoms with Crippen molar-refractivity contribution in [3.05, 3.63) is 89.1 Å². The lowest BCUT2D eigenvalue weighted by molar-refractivity contribution is -0.192. The number of hydrogen-bond acceptors (Lipinski definition) is 6. The highest BCUT2D eigenvalue weighted by Gasteiger charge is 2.38. The number of carbonyl (C=O) groups is 2. The van der Waals surface area contributed by atoms with Crippen LogP contribution in [0.1, 0.15) is 33.5 Å². The number of aliphatic carboxylic acids is 1. The third-order valence-electron chi connectivity index (χ3n) is 5.89. The number of carboxylic acids is 2. The van der Waals surface area contributed by atoms with Gasteiger partial charge in [0.1, 0.15) is 11.4 Å². The van der Waals surface area contributed by atoms with Crippen LogP contribution >= 0.6 is 0 Å². The summed E-state index contributed by atoms with van der Waals surface area (Å²) in [7, 11) is -3.86. The Morgan fingerprint density at radius 1 is 1.02 bits per heavy atom. The van der Waals surface area contributed by atoms with Crippen molar-refractivity contribution < 1.29 is 41.4 Å². The zero-order valence-corrected chi connectivity index (χ0v) is 22.3. The van der Waals surface area contributed by atoms with Crippen LogP contribution in [-0.4, -0.2) is 54.8 Å². The molecule has 0 aliphatic carbocycles. The second-order valence-corrected chi connectivity index (χ2v) is 10.5. The van der Waals surface area contributed by atoms with Gasteiger partial charge in [0.15, 0.2) is 0 Å². The summed E-state index contributed by atoms with van der Waals surface area (Å²) < 4.78 is 59.6. The molecule has 9 nitrogen and oxygen atoms in total. The molecule has 1 aliphatic rings. The van der Waals surface area contributed by atoms with E-state index in [0.717, 1.165) is 12.0 Å². The first-order chi connectivity index (χ1) is 18.7. The Labute approximate surface area is 228 Å². The molecule has 13 heteroatoms. The van der Waals surface area contributed by atoms with Crippen LogP contribution in [0.4, 0.5) is 24.7 Å². The van der Waals surface area contributed by atoms with Gasteiger partial charge < -0.3 is 15.1 Å². The Bertz CT molecular complexity index is 1560. The minimum Gasteiger partial charge on any atom is -0.478 e. The van der Waals surface area contributed by atoms with Crippen molar-refractivity contribution in [2.24, 2.45) is 0 Å². The van der Waals surface area contributed by atoms with E-state index >= 15 is 0 Å². The van der Waals surface area contributed by atoms with E-state index in [-0.39, 0.29) is 16.1 Å². The number of rotatable bonds is 6. The van der Waals surface area contributed by atoms with Crippen LogP contribution in [0.25, 0.3) is 5.57 Å². The molecule has 40 heavy (non-hydrogen) atoms. The van der Waals surface area contributed by atoms with Crippen LogP contribution in [0.2, 0.25) is 0 Å². The number of aromatic nitrogens is 1. The van der Waals surface area contributed by atoms with Crippen LogP contribution in [0, 0.1) is 13.8 Å². The Kier molecular flexibility index (Phi) is 9.20. The van der Waals surface area contributed by atoms with E-state index in [9.17, 15) is 31.5 Å². The fourth-order valence-corrected chi connectivity index (χ4v) is 5.10. The van der Waals surface area contributed by atoms with E-state index < -0.39 is 28.1 Å². The van der Waals surface area contributed by atoms with Crippen LogP contribution in [0.5, 0.6) is 0 Å². The fraction of sp³-hybridized carbons (Fsp3) is 0.222. The highest BCUT2D eigenvalue weighted by atomic mass is 32.2. The number of nitrogens with zero attached hydrogens (tertiary/aromatic N) is 2. The standard InChI is InChI=1S/C25H25N3O4S.C2HF3O2/c1-17-6-5-8-21(14-17)33(31,32)27-20-15-23(25(29)30)24(26-16-20)28-12-10-19(11-13-28)22-9-4-3-7-18(22)2;3-2(4,5)1(6)7/h3-10,14-16,27H,11-13H2,1-2H3,(H,29,30);(H,6,7). The highest BCUT2D eigenvalue weighted by Crippen LogP contribution is 2.29. The number of halogens is 3. The first kappa shape index (κ1) is 30.2. The fourth-order valence-electron chi connectivity index (χ4n) is 3.96. The van der Waals surface area contributed by atoms with Gasteiger partial charge in [-0.1, -0.05) is 42.5 Å². The van der Waals surface area contributed by atoms with Crippen molar-refractivity contribution in [2.75, 3.05) is 22.7 Å². The normalized spacial score (nSPS) is 13.5. The molecule has 0 saturated carbocycles. The monoisotopic (exact) mass is 577 g/mol. The molecule has 0 unspecified atom stereocenters. The summed E-state index contributed by atoms with van der Waals surface area (Å²) in [5, 5.41) is 16.9. The van der Waals surface area contributed by atoms with E-state index in [0.29, 0.717) is 18.9 Å². The van der Waals surface area contributed by atoms with Crippen molar-refractivity contribution in [1.29, 1.82) is 0 Å². The molecular weight excluding hydrogens is 551 g/mol. The molecule has 3 N–H and O–H groups in total. The first-order valence-corrected chi connectivity index (χ1v) is 13.3. The molecule has 0 atom stereocenters. The predicted molar refractivity (Wildman–Crippen MR) is 143 cm³/mol. The maximum atomic E-state index is 12.7. The molecule has 2 heterocycles. The third-order valence-corrected chi connectivity index (χ3v) is 7.27. The molecule has 0 saturated heterocycles. The molecule has 2 aromatic carbocycles. The van der Waals surface area contributed by atoms with E-state index in [1.165, 1.54) is 35.0 Å². The summed E-state index contributed by atoms with van der Waals surface area (Å²) in [6.45, 7) is 5.01. The Balaban J connectivity index is 0.000000559. The number of sulfonamides is 1. The van der Waals surface area contributed by atoms with Crippen molar-refractivity contribution in [1.82, 2.24) is 4.98 Å². The van der Waals surface area contributed by atoms with Crippen molar-refractivity contribution in [2.45, 2.75) is 31.3 Å². The van der Waals surface area contributed by atoms with Crippen LogP contribution in [0.3, 0.4) is 0 Å². The highest BCUT2D eigenvalue weighted by molar-refractivity contribution is 7.92. The van der Waals surface area contributed by atoms with Crippen LogP contribution in [0.15, 0.2) is 71.8 Å². The molecule has 1 aromatic heterocycles. The average Bonchev–Trinajstić information content (AvgIpc) is 2.89. The predicted octanol–water partition coefficient (Wildman–Crippen LogP) is 5.12. The van der Waals surface area contributed by atoms with E-state index in [1.807, 2.05) is 17.0 Å². The topological polar surface area (TPSA) is 137 Å². The molecule has 0 spiro atoms. The lowest BCUT2D eigenvalue weighted by atomic mass is 9.95. The summed E-state index contributed by atoms with van der Waals surface area (Å²) in [5.41, 5.74) is 4.49. The zero-order chi connectivity index (χ0) is 29.7. The summed E-state index contributed by atoms with van der Waals surface area (Å²) in [4.78, 5) is 27.2. The van der Waals surface area contributed by atoms with Gasteiger partial charge in [0, 0.05) is 13.1 Å². The Hall–Kier alpha value is -4.39. The van der Waals surface area contributed by atoms with Gasteiger partial charge in [0.25, 0.3) is 10.0 Å². The van der Waals surface area contributed by atoms with Crippen LogP contribution < -0.4 is 9.62 Å². The molecule has 4 rings (SSSR count). The second kappa shape index (κ2) is 12.2. The number of hydrogen-bond donors (Lipinski definition) is 3. The first-order valence-electron chi connectivity index (χ1n) is 11.8. The lowest BCUT2D eigenvalue weighted by Gasteiger charge is -2.29. The van der Waals surface area contributed by atoms with Gasteiger partial charge in [-0.3, -0.25) is 4.72 Å². The molecule has 0 radical (unpaired) electrons. The van der Waals surface area contributed by atoms with E-state index in [4.69, 9.17) is 9.90 Å². The van der Waals surface area contributed by atoms with Gasteiger partial charge in [-0.2, -0.15) is 13.2 Å². The number of anilines is 2. The van der Waals surface area contributed by atoms with Gasteiger partial charge in [-0.05, 0) is 60.7 Å². The molecular formula is C27H26F3N3O6S. The number of aryl methyl sites for hydroxylation is 2. The molecule has 3 aromatic rings. The summed E-state index contributed by atoms with van der Waals surface area (Å²) in [6.07, 6.45) is -0.878. The summed E-state index contributed by atoms with van der Waals surface area (Å²) in [6, 6.07) is 16.0. The third kappa shape index (κ3) is 7.59. The van der Waals surface area contributed by atoms with Gasteiger partial charge in [-0.15, -0.1) is 0 Å². The molecule has 212 valence electrons. The van der Waals surface area contributed by atoms with Gasteiger partial charge >= 0.3 is 18.1 Å². The maximum Gasteiger partial charge on any atom is 0.490 e. The Morgan fingerprint density at radius 2 is 1.70 bits per heavy atom.